The van der Waals surface area contributed by atoms with Gasteiger partial charge in [-0.25, -0.2) is 0 Å². The quantitative estimate of drug-likeness (QED) is 0.721. The molecule has 0 saturated heterocycles. The lowest BCUT2D eigenvalue weighted by Gasteiger charge is -2.07. The second-order valence-electron chi connectivity index (χ2n) is 5.85. The van der Waals surface area contributed by atoms with Gasteiger partial charge in [0.15, 0.2) is 5.78 Å². The van der Waals surface area contributed by atoms with Crippen LogP contribution in [-0.4, -0.2) is 19.4 Å². The van der Waals surface area contributed by atoms with E-state index < -0.39 is 0 Å². The molecule has 0 aliphatic heterocycles. The minimum absolute atomic E-state index is 0.193. The van der Waals surface area contributed by atoms with Crippen molar-refractivity contribution in [2.75, 3.05) is 13.7 Å². The standard InChI is InChI=1S/C21H21NO2/c1-24-21-10-7-16(8-11-21)14-22-15-20(23)13-17-6-9-18-4-2-3-5-19(18)12-17/h2-12,22H,13-15H2,1H3. The lowest BCUT2D eigenvalue weighted by atomic mass is 10.0. The number of ketones is 1. The highest BCUT2D eigenvalue weighted by Gasteiger charge is 2.05. The zero-order chi connectivity index (χ0) is 16.8. The highest BCUT2D eigenvalue weighted by atomic mass is 16.5. The van der Waals surface area contributed by atoms with E-state index in [4.69, 9.17) is 4.74 Å². The van der Waals surface area contributed by atoms with Gasteiger partial charge in [0, 0.05) is 13.0 Å². The monoisotopic (exact) mass is 319 g/mol. The minimum atomic E-state index is 0.193. The number of nitrogens with one attached hydrogen (secondary N) is 1. The zero-order valence-corrected chi connectivity index (χ0v) is 13.8. The van der Waals surface area contributed by atoms with Crippen LogP contribution in [-0.2, 0) is 17.8 Å². The van der Waals surface area contributed by atoms with Crippen molar-refractivity contribution < 1.29 is 9.53 Å². The van der Waals surface area contributed by atoms with Crippen LogP contribution in [0, 0.1) is 0 Å². The third-order valence-electron chi connectivity index (χ3n) is 4.03. The zero-order valence-electron chi connectivity index (χ0n) is 13.8. The molecule has 3 aromatic rings. The van der Waals surface area contributed by atoms with Crippen LogP contribution in [0.2, 0.25) is 0 Å². The molecule has 3 rings (SSSR count). The molecule has 0 unspecified atom stereocenters. The second kappa shape index (κ2) is 7.75. The number of carbonyl (C=O) groups excluding carboxylic acids is 1. The van der Waals surface area contributed by atoms with E-state index in [1.165, 1.54) is 10.8 Å². The number of hydrogen-bond acceptors (Lipinski definition) is 3. The molecule has 0 fully saturated rings. The van der Waals surface area contributed by atoms with Gasteiger partial charge in [-0.15, -0.1) is 0 Å². The van der Waals surface area contributed by atoms with Gasteiger partial charge in [-0.1, -0.05) is 54.6 Å². The van der Waals surface area contributed by atoms with E-state index in [9.17, 15) is 4.79 Å². The third-order valence-corrected chi connectivity index (χ3v) is 4.03. The molecule has 0 heterocycles. The van der Waals surface area contributed by atoms with E-state index >= 15 is 0 Å². The fourth-order valence-electron chi connectivity index (χ4n) is 2.73. The number of Topliss-reactive ketones (excluding diaryl/α,β-unsaturated/α-hetero) is 1. The molecule has 0 aromatic heterocycles. The van der Waals surface area contributed by atoms with Crippen molar-refractivity contribution in [3.8, 4) is 5.75 Å². The molecule has 122 valence electrons. The van der Waals surface area contributed by atoms with Crippen molar-refractivity contribution in [2.24, 2.45) is 0 Å². The number of methoxy groups -OCH3 is 1. The summed E-state index contributed by atoms with van der Waals surface area (Å²) in [5.74, 6) is 1.03. The van der Waals surface area contributed by atoms with Crippen LogP contribution < -0.4 is 10.1 Å². The fourth-order valence-corrected chi connectivity index (χ4v) is 2.73. The Morgan fingerprint density at radius 1 is 0.917 bits per heavy atom. The molecule has 0 saturated carbocycles. The van der Waals surface area contributed by atoms with Gasteiger partial charge in [0.1, 0.15) is 5.75 Å². The van der Waals surface area contributed by atoms with E-state index in [2.05, 4.69) is 29.6 Å². The summed E-state index contributed by atoms with van der Waals surface area (Å²) in [6.07, 6.45) is 0.459. The Hall–Kier alpha value is -2.65. The van der Waals surface area contributed by atoms with Gasteiger partial charge in [0.2, 0.25) is 0 Å². The van der Waals surface area contributed by atoms with E-state index in [1.807, 2.05) is 42.5 Å². The predicted molar refractivity (Wildman–Crippen MR) is 97.4 cm³/mol. The summed E-state index contributed by atoms with van der Waals surface area (Å²) >= 11 is 0. The largest absolute Gasteiger partial charge is 0.497 e. The fraction of sp³-hybridized carbons (Fsp3) is 0.190. The van der Waals surface area contributed by atoms with E-state index in [1.54, 1.807) is 7.11 Å². The molecular weight excluding hydrogens is 298 g/mol. The molecule has 0 amide bonds. The highest BCUT2D eigenvalue weighted by Crippen LogP contribution is 2.16. The summed E-state index contributed by atoms with van der Waals surface area (Å²) < 4.78 is 5.13. The number of hydrogen-bond donors (Lipinski definition) is 1. The molecule has 0 aliphatic carbocycles. The average Bonchev–Trinajstić information content (AvgIpc) is 2.62. The van der Waals surface area contributed by atoms with Crippen LogP contribution in [0.15, 0.2) is 66.7 Å². The van der Waals surface area contributed by atoms with E-state index in [-0.39, 0.29) is 5.78 Å². The number of benzene rings is 3. The summed E-state index contributed by atoms with van der Waals surface area (Å²) in [5.41, 5.74) is 2.19. The van der Waals surface area contributed by atoms with Gasteiger partial charge in [-0.3, -0.25) is 4.79 Å². The van der Waals surface area contributed by atoms with Crippen LogP contribution in [0.4, 0.5) is 0 Å². The van der Waals surface area contributed by atoms with Gasteiger partial charge in [0.25, 0.3) is 0 Å². The molecule has 1 N–H and O–H groups in total. The first-order valence-electron chi connectivity index (χ1n) is 8.07. The lowest BCUT2D eigenvalue weighted by Crippen LogP contribution is -2.23. The number of rotatable bonds is 7. The molecule has 0 aliphatic rings. The van der Waals surface area contributed by atoms with Crippen molar-refractivity contribution in [1.29, 1.82) is 0 Å². The third kappa shape index (κ3) is 4.21. The molecule has 0 bridgehead atoms. The lowest BCUT2D eigenvalue weighted by molar-refractivity contribution is -0.117. The summed E-state index contributed by atoms with van der Waals surface area (Å²) in [4.78, 5) is 12.2. The average molecular weight is 319 g/mol. The van der Waals surface area contributed by atoms with Crippen LogP contribution >= 0.6 is 0 Å². The molecule has 0 atom stereocenters. The van der Waals surface area contributed by atoms with Gasteiger partial charge >= 0.3 is 0 Å². The van der Waals surface area contributed by atoms with Crippen molar-refractivity contribution >= 4 is 16.6 Å². The number of fused-ring (bicyclic) bond motifs is 1. The summed E-state index contributed by atoms with van der Waals surface area (Å²) in [7, 11) is 1.65. The van der Waals surface area contributed by atoms with Crippen LogP contribution in [0.5, 0.6) is 5.75 Å². The van der Waals surface area contributed by atoms with Crippen molar-refractivity contribution in [3.05, 3.63) is 77.9 Å². The van der Waals surface area contributed by atoms with Crippen molar-refractivity contribution in [1.82, 2.24) is 5.32 Å². The van der Waals surface area contributed by atoms with Gasteiger partial charge in [-0.05, 0) is 34.0 Å². The van der Waals surface area contributed by atoms with Gasteiger partial charge in [-0.2, -0.15) is 0 Å². The number of carbonyl (C=O) groups is 1. The highest BCUT2D eigenvalue weighted by molar-refractivity contribution is 5.86. The van der Waals surface area contributed by atoms with Crippen LogP contribution in [0.1, 0.15) is 11.1 Å². The number of ether oxygens (including phenoxy) is 1. The maximum atomic E-state index is 12.2. The minimum Gasteiger partial charge on any atom is -0.497 e. The van der Waals surface area contributed by atoms with Gasteiger partial charge < -0.3 is 10.1 Å². The first-order chi connectivity index (χ1) is 11.7. The van der Waals surface area contributed by atoms with Gasteiger partial charge in [0.05, 0.1) is 13.7 Å². The first kappa shape index (κ1) is 16.2. The topological polar surface area (TPSA) is 38.3 Å². The van der Waals surface area contributed by atoms with E-state index in [0.29, 0.717) is 19.5 Å². The Balaban J connectivity index is 1.51. The Morgan fingerprint density at radius 3 is 2.38 bits per heavy atom. The molecule has 24 heavy (non-hydrogen) atoms. The molecule has 0 spiro atoms. The Kier molecular flexibility index (Phi) is 5.24. The van der Waals surface area contributed by atoms with Crippen LogP contribution in [0.3, 0.4) is 0 Å². The first-order valence-corrected chi connectivity index (χ1v) is 8.07. The maximum Gasteiger partial charge on any atom is 0.150 e. The SMILES string of the molecule is COc1ccc(CNCC(=O)Cc2ccc3ccccc3c2)cc1. The van der Waals surface area contributed by atoms with Crippen molar-refractivity contribution in [2.45, 2.75) is 13.0 Å². The Bertz CT molecular complexity index is 825. The normalized spacial score (nSPS) is 10.7. The summed E-state index contributed by atoms with van der Waals surface area (Å²) in [5, 5.41) is 5.58. The molecule has 3 nitrogen and oxygen atoms in total. The predicted octanol–water partition coefficient (Wildman–Crippen LogP) is 3.75. The van der Waals surface area contributed by atoms with E-state index in [0.717, 1.165) is 16.9 Å². The maximum absolute atomic E-state index is 12.2. The molecular formula is C21H21NO2. The Labute approximate surface area is 142 Å². The summed E-state index contributed by atoms with van der Waals surface area (Å²) in [6.45, 7) is 1.05. The van der Waals surface area contributed by atoms with Crippen LogP contribution in [0.25, 0.3) is 10.8 Å². The smallest absolute Gasteiger partial charge is 0.150 e. The Morgan fingerprint density at radius 2 is 1.62 bits per heavy atom. The molecule has 3 aromatic carbocycles. The molecule has 0 radical (unpaired) electrons. The van der Waals surface area contributed by atoms with Crippen molar-refractivity contribution in [3.63, 3.8) is 0 Å². The molecule has 3 heteroatoms. The summed E-state index contributed by atoms with van der Waals surface area (Å²) in [6, 6.07) is 22.2. The second-order valence-corrected chi connectivity index (χ2v) is 5.85.